The topological polar surface area (TPSA) is 75.7 Å². The van der Waals surface area contributed by atoms with Crippen LogP contribution in [-0.4, -0.2) is 27.5 Å². The van der Waals surface area contributed by atoms with E-state index in [0.29, 0.717) is 31.0 Å². The van der Waals surface area contributed by atoms with Crippen molar-refractivity contribution in [2.45, 2.75) is 44.4 Å². The van der Waals surface area contributed by atoms with Gasteiger partial charge in [-0.25, -0.2) is 8.42 Å². The Labute approximate surface area is 166 Å². The molecule has 0 aromatic heterocycles. The molecule has 1 aliphatic heterocycles. The maximum atomic E-state index is 12.7. The van der Waals surface area contributed by atoms with Crippen LogP contribution in [0, 0.1) is 6.92 Å². The summed E-state index contributed by atoms with van der Waals surface area (Å²) in [7, 11) is -3.71. The van der Waals surface area contributed by atoms with Gasteiger partial charge in [0.15, 0.2) is 0 Å². The molecule has 2 aromatic carbocycles. The van der Waals surface area contributed by atoms with Gasteiger partial charge >= 0.3 is 0 Å². The van der Waals surface area contributed by atoms with E-state index >= 15 is 0 Å². The largest absolute Gasteiger partial charge is 0.493 e. The summed E-state index contributed by atoms with van der Waals surface area (Å²) in [6.07, 6.45) is 3.36. The van der Waals surface area contributed by atoms with Crippen LogP contribution in [0.15, 0.2) is 47.4 Å². The Morgan fingerprint density at radius 3 is 2.50 bits per heavy atom. The number of piperidine rings is 1. The summed E-state index contributed by atoms with van der Waals surface area (Å²) in [4.78, 5) is 14.0. The molecular formula is C21H26N2O4S. The van der Waals surface area contributed by atoms with Gasteiger partial charge in [0, 0.05) is 24.3 Å². The number of anilines is 2. The number of nitrogens with zero attached hydrogens (tertiary/aromatic N) is 1. The Kier molecular flexibility index (Phi) is 6.24. The van der Waals surface area contributed by atoms with Crippen molar-refractivity contribution in [1.82, 2.24) is 0 Å². The molecule has 1 heterocycles. The molecule has 7 heteroatoms. The van der Waals surface area contributed by atoms with Crippen LogP contribution in [0.2, 0.25) is 0 Å². The predicted molar refractivity (Wildman–Crippen MR) is 110 cm³/mol. The van der Waals surface area contributed by atoms with Crippen LogP contribution in [0.1, 0.15) is 38.2 Å². The van der Waals surface area contributed by atoms with Crippen LogP contribution in [0.4, 0.5) is 11.4 Å². The van der Waals surface area contributed by atoms with Gasteiger partial charge in [0.1, 0.15) is 5.75 Å². The highest BCUT2D eigenvalue weighted by molar-refractivity contribution is 7.92. The van der Waals surface area contributed by atoms with E-state index in [1.54, 1.807) is 47.4 Å². The molecular weight excluding hydrogens is 376 g/mol. The number of nitrogens with one attached hydrogen (secondary N) is 1. The number of carbonyl (C=O) groups excluding carboxylic acids is 1. The van der Waals surface area contributed by atoms with Crippen LogP contribution >= 0.6 is 0 Å². The highest BCUT2D eigenvalue weighted by Crippen LogP contribution is 2.26. The van der Waals surface area contributed by atoms with Crippen molar-refractivity contribution in [2.75, 3.05) is 22.8 Å². The van der Waals surface area contributed by atoms with Crippen LogP contribution in [0.25, 0.3) is 0 Å². The van der Waals surface area contributed by atoms with Gasteiger partial charge in [-0.15, -0.1) is 0 Å². The molecule has 0 spiro atoms. The number of rotatable bonds is 7. The van der Waals surface area contributed by atoms with E-state index in [1.807, 2.05) is 13.8 Å². The highest BCUT2D eigenvalue weighted by atomic mass is 32.2. The second-order valence-corrected chi connectivity index (χ2v) is 8.61. The molecule has 0 radical (unpaired) electrons. The quantitative estimate of drug-likeness (QED) is 0.756. The number of carbonyl (C=O) groups is 1. The first-order valence-electron chi connectivity index (χ1n) is 9.57. The molecule has 6 nitrogen and oxygen atoms in total. The van der Waals surface area contributed by atoms with Gasteiger partial charge in [-0.3, -0.25) is 9.52 Å². The van der Waals surface area contributed by atoms with E-state index in [1.165, 1.54) is 0 Å². The SMILES string of the molecule is CCCOc1ccc(S(=O)(=O)Nc2ccc(N3CCCCC3=O)cc2)cc1C. The number of aryl methyl sites for hydroxylation is 1. The minimum atomic E-state index is -3.71. The molecule has 150 valence electrons. The second kappa shape index (κ2) is 8.65. The lowest BCUT2D eigenvalue weighted by Gasteiger charge is -2.26. The van der Waals surface area contributed by atoms with Gasteiger partial charge in [0.05, 0.1) is 11.5 Å². The van der Waals surface area contributed by atoms with Crippen molar-refractivity contribution < 1.29 is 17.9 Å². The molecule has 1 N–H and O–H groups in total. The lowest BCUT2D eigenvalue weighted by Crippen LogP contribution is -2.35. The van der Waals surface area contributed by atoms with E-state index in [2.05, 4.69) is 4.72 Å². The lowest BCUT2D eigenvalue weighted by atomic mass is 10.1. The third-order valence-electron chi connectivity index (χ3n) is 4.67. The summed E-state index contributed by atoms with van der Waals surface area (Å²) in [6.45, 7) is 5.14. The Balaban J connectivity index is 1.73. The highest BCUT2D eigenvalue weighted by Gasteiger charge is 2.20. The zero-order valence-corrected chi connectivity index (χ0v) is 17.1. The number of sulfonamides is 1. The molecule has 0 bridgehead atoms. The van der Waals surface area contributed by atoms with Crippen molar-refractivity contribution in [2.24, 2.45) is 0 Å². The number of ether oxygens (including phenoxy) is 1. The van der Waals surface area contributed by atoms with Crippen molar-refractivity contribution in [3.8, 4) is 5.75 Å². The third kappa shape index (κ3) is 4.65. The zero-order valence-electron chi connectivity index (χ0n) is 16.3. The molecule has 28 heavy (non-hydrogen) atoms. The third-order valence-corrected chi connectivity index (χ3v) is 6.05. The van der Waals surface area contributed by atoms with E-state index in [-0.39, 0.29) is 10.8 Å². The first kappa shape index (κ1) is 20.2. The maximum Gasteiger partial charge on any atom is 0.261 e. The number of amides is 1. The summed E-state index contributed by atoms with van der Waals surface area (Å²) in [5.41, 5.74) is 2.02. The van der Waals surface area contributed by atoms with Gasteiger partial charge in [-0.2, -0.15) is 0 Å². The van der Waals surface area contributed by atoms with E-state index in [0.717, 1.165) is 30.5 Å². The molecule has 1 amide bonds. The Hall–Kier alpha value is -2.54. The molecule has 1 saturated heterocycles. The predicted octanol–water partition coefficient (Wildman–Crippen LogP) is 4.10. The average Bonchev–Trinajstić information content (AvgIpc) is 2.68. The Morgan fingerprint density at radius 2 is 1.86 bits per heavy atom. The molecule has 2 aromatic rings. The monoisotopic (exact) mass is 402 g/mol. The van der Waals surface area contributed by atoms with Crippen LogP contribution in [-0.2, 0) is 14.8 Å². The van der Waals surface area contributed by atoms with Crippen molar-refractivity contribution in [1.29, 1.82) is 0 Å². The molecule has 1 aliphatic rings. The first-order valence-corrected chi connectivity index (χ1v) is 11.1. The van der Waals surface area contributed by atoms with Crippen molar-refractivity contribution in [3.63, 3.8) is 0 Å². The summed E-state index contributed by atoms with van der Waals surface area (Å²) in [6, 6.07) is 11.7. The first-order chi connectivity index (χ1) is 13.4. The van der Waals surface area contributed by atoms with Gasteiger partial charge in [-0.1, -0.05) is 6.92 Å². The maximum absolute atomic E-state index is 12.7. The fourth-order valence-corrected chi connectivity index (χ4v) is 4.31. The fourth-order valence-electron chi connectivity index (χ4n) is 3.17. The fraction of sp³-hybridized carbons (Fsp3) is 0.381. The standard InChI is InChI=1S/C21H26N2O4S/c1-3-14-27-20-12-11-19(15-16(20)2)28(25,26)22-17-7-9-18(10-8-17)23-13-5-4-6-21(23)24/h7-12,15,22H,3-6,13-14H2,1-2H3. The van der Waals surface area contributed by atoms with Gasteiger partial charge in [0.2, 0.25) is 5.91 Å². The Bertz CT molecular complexity index is 939. The number of benzene rings is 2. The number of hydrogen-bond donors (Lipinski definition) is 1. The molecule has 0 atom stereocenters. The van der Waals surface area contributed by atoms with E-state index in [4.69, 9.17) is 4.74 Å². The molecule has 0 aliphatic carbocycles. The minimum absolute atomic E-state index is 0.112. The molecule has 1 fully saturated rings. The summed E-state index contributed by atoms with van der Waals surface area (Å²) in [5.74, 6) is 0.803. The normalized spacial score (nSPS) is 14.8. The molecule has 0 saturated carbocycles. The smallest absolute Gasteiger partial charge is 0.261 e. The minimum Gasteiger partial charge on any atom is -0.493 e. The van der Waals surface area contributed by atoms with Gasteiger partial charge in [-0.05, 0) is 74.2 Å². The van der Waals surface area contributed by atoms with Crippen molar-refractivity contribution in [3.05, 3.63) is 48.0 Å². The van der Waals surface area contributed by atoms with Gasteiger partial charge < -0.3 is 9.64 Å². The Morgan fingerprint density at radius 1 is 1.11 bits per heavy atom. The van der Waals surface area contributed by atoms with Crippen LogP contribution in [0.5, 0.6) is 5.75 Å². The van der Waals surface area contributed by atoms with Gasteiger partial charge in [0.25, 0.3) is 10.0 Å². The average molecular weight is 403 g/mol. The van der Waals surface area contributed by atoms with Crippen LogP contribution < -0.4 is 14.4 Å². The summed E-state index contributed by atoms with van der Waals surface area (Å²) >= 11 is 0. The summed E-state index contributed by atoms with van der Waals surface area (Å²) in [5, 5.41) is 0. The molecule has 3 rings (SSSR count). The van der Waals surface area contributed by atoms with E-state index < -0.39 is 10.0 Å². The number of hydrogen-bond acceptors (Lipinski definition) is 4. The van der Waals surface area contributed by atoms with Crippen molar-refractivity contribution >= 4 is 27.3 Å². The van der Waals surface area contributed by atoms with Crippen LogP contribution in [0.3, 0.4) is 0 Å². The molecule has 0 unspecified atom stereocenters. The second-order valence-electron chi connectivity index (χ2n) is 6.93. The van der Waals surface area contributed by atoms with E-state index in [9.17, 15) is 13.2 Å². The summed E-state index contributed by atoms with van der Waals surface area (Å²) < 4.78 is 33.6. The lowest BCUT2D eigenvalue weighted by molar-refractivity contribution is -0.119. The zero-order chi connectivity index (χ0) is 20.1.